The van der Waals surface area contributed by atoms with Gasteiger partial charge in [0.25, 0.3) is 0 Å². The second kappa shape index (κ2) is 7.16. The fourth-order valence-corrected chi connectivity index (χ4v) is 2.64. The number of hydrogen-bond donors (Lipinski definition) is 2. The summed E-state index contributed by atoms with van der Waals surface area (Å²) in [7, 11) is 0. The zero-order chi connectivity index (χ0) is 15.4. The maximum atomic E-state index is 11.5. The number of halogens is 2. The molecule has 0 unspecified atom stereocenters. The first-order valence-electron chi connectivity index (χ1n) is 6.77. The summed E-state index contributed by atoms with van der Waals surface area (Å²) in [4.78, 5) is 11.5. The van der Waals surface area contributed by atoms with Gasteiger partial charge in [-0.05, 0) is 37.6 Å². The van der Waals surface area contributed by atoms with Gasteiger partial charge in [-0.15, -0.1) is 0 Å². The highest BCUT2D eigenvalue weighted by molar-refractivity contribution is 6.36. The average Bonchev–Trinajstić information content (AvgIpc) is 2.37. The Kier molecular flexibility index (Phi) is 5.51. The molecule has 0 saturated carbocycles. The molecule has 0 bridgehead atoms. The van der Waals surface area contributed by atoms with E-state index in [9.17, 15) is 4.79 Å². The van der Waals surface area contributed by atoms with Crippen LogP contribution in [0.15, 0.2) is 17.7 Å². The topological polar surface area (TPSA) is 50.4 Å². The Morgan fingerprint density at radius 3 is 2.86 bits per heavy atom. The van der Waals surface area contributed by atoms with Crippen molar-refractivity contribution in [1.82, 2.24) is 10.6 Å². The molecule has 0 atom stereocenters. The van der Waals surface area contributed by atoms with Gasteiger partial charge in [0.15, 0.2) is 0 Å². The minimum Gasteiger partial charge on any atom is -0.487 e. The molecule has 0 fully saturated rings. The van der Waals surface area contributed by atoms with E-state index in [4.69, 9.17) is 27.9 Å². The quantitative estimate of drug-likeness (QED) is 0.873. The number of carbonyl (C=O) groups excluding carboxylic acids is 1. The highest BCUT2D eigenvalue weighted by Crippen LogP contribution is 2.36. The lowest BCUT2D eigenvalue weighted by atomic mass is 10.1. The molecular formula is C15H18Cl2N2O2. The van der Waals surface area contributed by atoms with Crippen LogP contribution in [0.4, 0.5) is 0 Å². The zero-order valence-electron chi connectivity index (χ0n) is 12.0. The molecule has 2 N–H and O–H groups in total. The lowest BCUT2D eigenvalue weighted by molar-refractivity contribution is -0.120. The van der Waals surface area contributed by atoms with Gasteiger partial charge in [0, 0.05) is 23.2 Å². The van der Waals surface area contributed by atoms with Crippen molar-refractivity contribution in [3.8, 4) is 5.75 Å². The summed E-state index contributed by atoms with van der Waals surface area (Å²) in [5, 5.41) is 7.00. The molecule has 4 nitrogen and oxygen atoms in total. The van der Waals surface area contributed by atoms with Crippen LogP contribution in [-0.4, -0.2) is 31.6 Å². The smallest absolute Gasteiger partial charge is 0.234 e. The van der Waals surface area contributed by atoms with Gasteiger partial charge in [0.05, 0.1) is 11.6 Å². The summed E-state index contributed by atoms with van der Waals surface area (Å²) >= 11 is 12.1. The number of fused-ring (bicyclic) bond motifs is 1. The monoisotopic (exact) mass is 328 g/mol. The summed E-state index contributed by atoms with van der Waals surface area (Å²) in [6, 6.07) is 3.62. The number of carbonyl (C=O) groups is 1. The van der Waals surface area contributed by atoms with Crippen molar-refractivity contribution in [2.45, 2.75) is 19.9 Å². The van der Waals surface area contributed by atoms with Gasteiger partial charge in [-0.2, -0.15) is 0 Å². The van der Waals surface area contributed by atoms with Crippen LogP contribution in [0.25, 0.3) is 6.08 Å². The number of nitrogens with one attached hydrogen (secondary N) is 2. The minimum atomic E-state index is -0.0196. The van der Waals surface area contributed by atoms with E-state index in [0.717, 1.165) is 11.1 Å². The van der Waals surface area contributed by atoms with E-state index in [1.807, 2.05) is 26.0 Å². The lowest BCUT2D eigenvalue weighted by Gasteiger charge is -2.19. The summed E-state index contributed by atoms with van der Waals surface area (Å²) in [5.41, 5.74) is 1.90. The van der Waals surface area contributed by atoms with Crippen LogP contribution >= 0.6 is 23.2 Å². The van der Waals surface area contributed by atoms with Gasteiger partial charge in [0.2, 0.25) is 5.91 Å². The highest BCUT2D eigenvalue weighted by atomic mass is 35.5. The molecule has 1 heterocycles. The number of benzene rings is 1. The number of rotatable bonds is 5. The summed E-state index contributed by atoms with van der Waals surface area (Å²) in [6.07, 6.45) is 1.99. The third kappa shape index (κ3) is 4.63. The molecule has 0 aliphatic carbocycles. The Morgan fingerprint density at radius 1 is 1.38 bits per heavy atom. The fourth-order valence-electron chi connectivity index (χ4n) is 2.08. The summed E-state index contributed by atoms with van der Waals surface area (Å²) in [5.74, 6) is 0.635. The first-order valence-corrected chi connectivity index (χ1v) is 7.52. The molecule has 1 aromatic carbocycles. The Hall–Kier alpha value is -1.23. The van der Waals surface area contributed by atoms with Gasteiger partial charge in [-0.1, -0.05) is 23.2 Å². The Labute approximate surface area is 134 Å². The zero-order valence-corrected chi connectivity index (χ0v) is 13.5. The molecule has 1 aliphatic rings. The molecule has 2 rings (SSSR count). The fraction of sp³-hybridized carbons (Fsp3) is 0.400. The van der Waals surface area contributed by atoms with Crippen molar-refractivity contribution < 1.29 is 9.53 Å². The molecule has 21 heavy (non-hydrogen) atoms. The second-order valence-electron chi connectivity index (χ2n) is 5.22. The molecule has 114 valence electrons. The van der Waals surface area contributed by atoms with E-state index in [2.05, 4.69) is 10.6 Å². The van der Waals surface area contributed by atoms with Crippen LogP contribution in [0.2, 0.25) is 10.0 Å². The largest absolute Gasteiger partial charge is 0.487 e. The molecule has 0 spiro atoms. The first-order chi connectivity index (χ1) is 9.95. The molecule has 6 heteroatoms. The van der Waals surface area contributed by atoms with E-state index in [1.165, 1.54) is 0 Å². The standard InChI is InChI=1S/C15H18Cl2N2O2/c1-9(2)19-14(20)7-18-6-10-3-11-4-12(16)5-13(17)15(11)21-8-10/h3-5,9,18H,6-8H2,1-2H3,(H,19,20). The van der Waals surface area contributed by atoms with Gasteiger partial charge in [-0.3, -0.25) is 4.79 Å². The number of hydrogen-bond acceptors (Lipinski definition) is 3. The number of amides is 1. The molecule has 0 aromatic heterocycles. The highest BCUT2D eigenvalue weighted by Gasteiger charge is 2.15. The van der Waals surface area contributed by atoms with Crippen molar-refractivity contribution in [2.24, 2.45) is 0 Å². The predicted molar refractivity (Wildman–Crippen MR) is 86.1 cm³/mol. The van der Waals surface area contributed by atoms with Gasteiger partial charge in [0.1, 0.15) is 12.4 Å². The number of ether oxygens (including phenoxy) is 1. The molecule has 1 aromatic rings. The van der Waals surface area contributed by atoms with Crippen molar-refractivity contribution in [3.63, 3.8) is 0 Å². The second-order valence-corrected chi connectivity index (χ2v) is 6.07. The van der Waals surface area contributed by atoms with Crippen molar-refractivity contribution in [1.29, 1.82) is 0 Å². The van der Waals surface area contributed by atoms with Crippen LogP contribution in [0.1, 0.15) is 19.4 Å². The molecule has 1 amide bonds. The molecule has 0 saturated heterocycles. The maximum absolute atomic E-state index is 11.5. The van der Waals surface area contributed by atoms with E-state index < -0.39 is 0 Å². The molecule has 1 aliphatic heterocycles. The van der Waals surface area contributed by atoms with Crippen molar-refractivity contribution in [2.75, 3.05) is 19.7 Å². The van der Waals surface area contributed by atoms with E-state index in [1.54, 1.807) is 6.07 Å². The Bertz CT molecular complexity index is 571. The third-order valence-electron chi connectivity index (χ3n) is 2.89. The van der Waals surface area contributed by atoms with Crippen LogP contribution in [0, 0.1) is 0 Å². The predicted octanol–water partition coefficient (Wildman–Crippen LogP) is 2.88. The van der Waals surface area contributed by atoms with Crippen LogP contribution < -0.4 is 15.4 Å². The van der Waals surface area contributed by atoms with Crippen molar-refractivity contribution >= 4 is 35.2 Å². The minimum absolute atomic E-state index is 0.0196. The Morgan fingerprint density at radius 2 is 2.14 bits per heavy atom. The summed E-state index contributed by atoms with van der Waals surface area (Å²) in [6.45, 7) is 5.17. The molecule has 0 radical (unpaired) electrons. The van der Waals surface area contributed by atoms with E-state index >= 15 is 0 Å². The van der Waals surface area contributed by atoms with Crippen LogP contribution in [0.3, 0.4) is 0 Å². The van der Waals surface area contributed by atoms with Gasteiger partial charge >= 0.3 is 0 Å². The molecular weight excluding hydrogens is 311 g/mol. The van der Waals surface area contributed by atoms with Crippen LogP contribution in [-0.2, 0) is 4.79 Å². The Balaban J connectivity index is 1.93. The third-order valence-corrected chi connectivity index (χ3v) is 3.38. The van der Waals surface area contributed by atoms with E-state index in [0.29, 0.717) is 28.9 Å². The lowest BCUT2D eigenvalue weighted by Crippen LogP contribution is -2.38. The normalized spacial score (nSPS) is 13.5. The SMILES string of the molecule is CC(C)NC(=O)CNCC1=Cc2cc(Cl)cc(Cl)c2OC1. The van der Waals surface area contributed by atoms with E-state index in [-0.39, 0.29) is 18.5 Å². The average molecular weight is 329 g/mol. The first kappa shape index (κ1) is 16.1. The van der Waals surface area contributed by atoms with Gasteiger partial charge < -0.3 is 15.4 Å². The maximum Gasteiger partial charge on any atom is 0.234 e. The van der Waals surface area contributed by atoms with Crippen molar-refractivity contribution in [3.05, 3.63) is 33.3 Å². The summed E-state index contributed by atoms with van der Waals surface area (Å²) < 4.78 is 5.64. The van der Waals surface area contributed by atoms with Crippen LogP contribution in [0.5, 0.6) is 5.75 Å². The van der Waals surface area contributed by atoms with Gasteiger partial charge in [-0.25, -0.2) is 0 Å².